The lowest BCUT2D eigenvalue weighted by Crippen LogP contribution is -2.43. The van der Waals surface area contributed by atoms with Gasteiger partial charge in [0.2, 0.25) is 0 Å². The van der Waals surface area contributed by atoms with Crippen molar-refractivity contribution in [1.82, 2.24) is 20.2 Å². The maximum Gasteiger partial charge on any atom is 0.338 e. The first-order valence-corrected chi connectivity index (χ1v) is 17.3. The predicted octanol–water partition coefficient (Wildman–Crippen LogP) is 6.29. The Morgan fingerprint density at radius 1 is 0.863 bits per heavy atom. The minimum absolute atomic E-state index is 0.0613. The van der Waals surface area contributed by atoms with E-state index in [0.717, 1.165) is 23.2 Å². The number of hydrogen-bond acceptors (Lipinski definition) is 8. The molecule has 10 nitrogen and oxygen atoms in total. The van der Waals surface area contributed by atoms with Crippen LogP contribution < -0.4 is 15.4 Å². The second-order valence-electron chi connectivity index (χ2n) is 12.3. The number of carbonyl (C=O) groups excluding carboxylic acids is 3. The summed E-state index contributed by atoms with van der Waals surface area (Å²) in [5, 5.41) is 6.52. The molecule has 0 fully saturated rings. The summed E-state index contributed by atoms with van der Waals surface area (Å²) in [4.78, 5) is 43.2. The van der Waals surface area contributed by atoms with Gasteiger partial charge in [0.05, 0.1) is 43.0 Å². The van der Waals surface area contributed by atoms with E-state index in [1.807, 2.05) is 42.9 Å². The maximum atomic E-state index is 13.7. The van der Waals surface area contributed by atoms with E-state index in [1.165, 1.54) is 16.7 Å². The Bertz CT molecular complexity index is 1940. The third-order valence-corrected chi connectivity index (χ3v) is 8.84. The van der Waals surface area contributed by atoms with Gasteiger partial charge in [0, 0.05) is 43.7 Å². The molecular formula is C41H42N4O6. The van der Waals surface area contributed by atoms with Gasteiger partial charge < -0.3 is 29.4 Å². The molecule has 4 aromatic carbocycles. The van der Waals surface area contributed by atoms with Crippen LogP contribution in [-0.2, 0) is 33.8 Å². The monoisotopic (exact) mass is 686 g/mol. The second kappa shape index (κ2) is 16.8. The molecule has 0 bridgehead atoms. The number of ether oxygens (including phenoxy) is 3. The summed E-state index contributed by atoms with van der Waals surface area (Å²) in [7, 11) is 0. The molecule has 1 aliphatic rings. The number of nitrogens with zero attached hydrogens (tertiary/aromatic N) is 2. The van der Waals surface area contributed by atoms with Gasteiger partial charge in [0.25, 0.3) is 5.91 Å². The molecule has 2 atom stereocenters. The van der Waals surface area contributed by atoms with Crippen molar-refractivity contribution in [3.05, 3.63) is 143 Å². The Morgan fingerprint density at radius 3 is 2.33 bits per heavy atom. The SMILES string of the molecule is CCOC(=O)c1ccc(CC(NC(=O)c2cccc3c2OCCC3NCc2cncn2Cc2ccc(-c3ccccc3)cc2)C(=O)OCC)cc1. The van der Waals surface area contributed by atoms with Gasteiger partial charge in [-0.15, -0.1) is 0 Å². The summed E-state index contributed by atoms with van der Waals surface area (Å²) in [6.07, 6.45) is 4.62. The average molecular weight is 687 g/mol. The Balaban J connectivity index is 1.12. The number of amides is 1. The molecule has 2 unspecified atom stereocenters. The third-order valence-electron chi connectivity index (χ3n) is 8.84. The standard InChI is InChI=1S/C41H42N4O6/c1-3-49-40(47)32-19-13-28(14-20-32)23-37(41(48)50-4-2)44-39(46)35-12-8-11-34-36(21-22-51-38(34)35)43-25-33-24-42-27-45(33)26-29-15-17-31(18-16-29)30-9-6-5-7-10-30/h5-20,24,27,36-37,43H,3-4,21-23,25-26H2,1-2H3,(H,44,46). The van der Waals surface area contributed by atoms with Crippen LogP contribution in [0.15, 0.2) is 110 Å². The fourth-order valence-corrected chi connectivity index (χ4v) is 6.21. The van der Waals surface area contributed by atoms with Crippen molar-refractivity contribution in [2.24, 2.45) is 0 Å². The van der Waals surface area contributed by atoms with Gasteiger partial charge in [-0.2, -0.15) is 0 Å². The number of imidazole rings is 1. The Labute approximate surface area is 297 Å². The van der Waals surface area contributed by atoms with E-state index < -0.39 is 23.9 Å². The number of fused-ring (bicyclic) bond motifs is 1. The van der Waals surface area contributed by atoms with Gasteiger partial charge in [-0.05, 0) is 54.3 Å². The lowest BCUT2D eigenvalue weighted by Gasteiger charge is -2.28. The van der Waals surface area contributed by atoms with Crippen LogP contribution in [0.3, 0.4) is 0 Å². The minimum atomic E-state index is -0.950. The molecule has 2 N–H and O–H groups in total. The highest BCUT2D eigenvalue weighted by molar-refractivity contribution is 5.99. The van der Waals surface area contributed by atoms with Crippen LogP contribution in [0.1, 0.15) is 69.4 Å². The highest BCUT2D eigenvalue weighted by atomic mass is 16.5. The van der Waals surface area contributed by atoms with E-state index in [0.29, 0.717) is 36.6 Å². The molecular weight excluding hydrogens is 644 g/mol. The fraction of sp³-hybridized carbons (Fsp3) is 0.268. The number of rotatable bonds is 14. The molecule has 262 valence electrons. The van der Waals surface area contributed by atoms with Crippen molar-refractivity contribution in [2.75, 3.05) is 19.8 Å². The Hall–Kier alpha value is -5.74. The molecule has 0 spiro atoms. The van der Waals surface area contributed by atoms with Crippen molar-refractivity contribution < 1.29 is 28.6 Å². The fourth-order valence-electron chi connectivity index (χ4n) is 6.21. The molecule has 0 saturated heterocycles. The van der Waals surface area contributed by atoms with Crippen LogP contribution in [0, 0.1) is 0 Å². The van der Waals surface area contributed by atoms with Crippen molar-refractivity contribution in [1.29, 1.82) is 0 Å². The van der Waals surface area contributed by atoms with Crippen molar-refractivity contribution in [2.45, 2.75) is 51.9 Å². The zero-order chi connectivity index (χ0) is 35.6. The number of hydrogen-bond donors (Lipinski definition) is 2. The van der Waals surface area contributed by atoms with Crippen LogP contribution in [-0.4, -0.2) is 53.3 Å². The number of para-hydroxylation sites is 1. The van der Waals surface area contributed by atoms with Gasteiger partial charge in [-0.25, -0.2) is 14.6 Å². The summed E-state index contributed by atoms with van der Waals surface area (Å²) >= 11 is 0. The quantitative estimate of drug-likeness (QED) is 0.131. The van der Waals surface area contributed by atoms with Gasteiger partial charge >= 0.3 is 11.9 Å². The molecule has 6 rings (SSSR count). The molecule has 51 heavy (non-hydrogen) atoms. The molecule has 5 aromatic rings. The molecule has 10 heteroatoms. The van der Waals surface area contributed by atoms with E-state index in [-0.39, 0.29) is 25.7 Å². The van der Waals surface area contributed by atoms with E-state index in [9.17, 15) is 14.4 Å². The molecule has 0 radical (unpaired) electrons. The van der Waals surface area contributed by atoms with Gasteiger partial charge in [0.1, 0.15) is 11.8 Å². The van der Waals surface area contributed by atoms with E-state index in [2.05, 4.69) is 56.6 Å². The Morgan fingerprint density at radius 2 is 1.59 bits per heavy atom. The van der Waals surface area contributed by atoms with Crippen molar-refractivity contribution in [3.8, 4) is 16.9 Å². The zero-order valence-electron chi connectivity index (χ0n) is 28.8. The van der Waals surface area contributed by atoms with E-state index >= 15 is 0 Å². The second-order valence-corrected chi connectivity index (χ2v) is 12.3. The number of nitrogens with one attached hydrogen (secondary N) is 2. The van der Waals surface area contributed by atoms with E-state index in [4.69, 9.17) is 14.2 Å². The van der Waals surface area contributed by atoms with Gasteiger partial charge in [0.15, 0.2) is 0 Å². The highest BCUT2D eigenvalue weighted by Gasteiger charge is 2.29. The van der Waals surface area contributed by atoms with Crippen LogP contribution in [0.25, 0.3) is 11.1 Å². The van der Waals surface area contributed by atoms with Crippen LogP contribution in [0.4, 0.5) is 0 Å². The third kappa shape index (κ3) is 8.71. The average Bonchev–Trinajstić information content (AvgIpc) is 3.61. The lowest BCUT2D eigenvalue weighted by atomic mass is 9.96. The van der Waals surface area contributed by atoms with E-state index in [1.54, 1.807) is 44.2 Å². The summed E-state index contributed by atoms with van der Waals surface area (Å²) in [6.45, 7) is 5.60. The Kier molecular flexibility index (Phi) is 11.5. The first kappa shape index (κ1) is 35.1. The number of esters is 2. The van der Waals surface area contributed by atoms with Gasteiger partial charge in [-0.3, -0.25) is 4.79 Å². The molecule has 0 saturated carbocycles. The highest BCUT2D eigenvalue weighted by Crippen LogP contribution is 2.35. The number of aromatic nitrogens is 2. The molecule has 1 amide bonds. The first-order valence-electron chi connectivity index (χ1n) is 17.3. The summed E-state index contributed by atoms with van der Waals surface area (Å²) in [5.74, 6) is -0.914. The zero-order valence-corrected chi connectivity index (χ0v) is 28.8. The summed E-state index contributed by atoms with van der Waals surface area (Å²) in [6, 6.07) is 30.1. The molecule has 1 aliphatic heterocycles. The van der Waals surface area contributed by atoms with Crippen molar-refractivity contribution >= 4 is 17.8 Å². The summed E-state index contributed by atoms with van der Waals surface area (Å²) < 4.78 is 18.6. The number of benzene rings is 4. The topological polar surface area (TPSA) is 121 Å². The summed E-state index contributed by atoms with van der Waals surface area (Å²) in [5.41, 5.74) is 6.96. The maximum absolute atomic E-state index is 13.7. The number of carbonyl (C=O) groups is 3. The van der Waals surface area contributed by atoms with Crippen LogP contribution >= 0.6 is 0 Å². The predicted molar refractivity (Wildman–Crippen MR) is 193 cm³/mol. The van der Waals surface area contributed by atoms with Gasteiger partial charge in [-0.1, -0.05) is 78.9 Å². The largest absolute Gasteiger partial charge is 0.492 e. The van der Waals surface area contributed by atoms with Crippen LogP contribution in [0.2, 0.25) is 0 Å². The molecule has 2 heterocycles. The smallest absolute Gasteiger partial charge is 0.338 e. The minimum Gasteiger partial charge on any atom is -0.492 e. The first-order chi connectivity index (χ1) is 24.9. The molecule has 1 aromatic heterocycles. The van der Waals surface area contributed by atoms with Crippen LogP contribution in [0.5, 0.6) is 5.75 Å². The lowest BCUT2D eigenvalue weighted by molar-refractivity contribution is -0.145. The normalized spacial score (nSPS) is 14.1. The molecule has 0 aliphatic carbocycles. The van der Waals surface area contributed by atoms with Crippen molar-refractivity contribution in [3.63, 3.8) is 0 Å².